The van der Waals surface area contributed by atoms with Gasteiger partial charge in [-0.1, -0.05) is 50.0 Å². The summed E-state index contributed by atoms with van der Waals surface area (Å²) in [5.41, 5.74) is 1.18. The van der Waals surface area contributed by atoms with Crippen LogP contribution in [0.3, 0.4) is 0 Å². The molecule has 0 aromatic heterocycles. The van der Waals surface area contributed by atoms with Gasteiger partial charge < -0.3 is 4.90 Å². The molecule has 1 atom stereocenters. The van der Waals surface area contributed by atoms with Crippen molar-refractivity contribution in [2.45, 2.75) is 58.3 Å². The van der Waals surface area contributed by atoms with E-state index in [-0.39, 0.29) is 17.4 Å². The summed E-state index contributed by atoms with van der Waals surface area (Å²) in [5.74, 6) is 0.350. The van der Waals surface area contributed by atoms with Gasteiger partial charge in [-0.15, -0.1) is 0 Å². The van der Waals surface area contributed by atoms with Crippen molar-refractivity contribution in [1.82, 2.24) is 4.90 Å². The van der Waals surface area contributed by atoms with E-state index >= 15 is 0 Å². The highest BCUT2D eigenvalue weighted by atomic mass is 35.5. The molecule has 0 bridgehead atoms. The first-order valence-corrected chi connectivity index (χ1v) is 7.34. The van der Waals surface area contributed by atoms with Crippen LogP contribution < -0.4 is 0 Å². The lowest BCUT2D eigenvalue weighted by Crippen LogP contribution is -2.41. The van der Waals surface area contributed by atoms with E-state index < -0.39 is 4.84 Å². The van der Waals surface area contributed by atoms with Gasteiger partial charge in [0, 0.05) is 11.7 Å². The first-order chi connectivity index (χ1) is 8.14. The van der Waals surface area contributed by atoms with Crippen LogP contribution in [-0.4, -0.2) is 21.7 Å². The van der Waals surface area contributed by atoms with Gasteiger partial charge in [-0.3, -0.25) is 4.79 Å². The number of hydrogen-bond acceptors (Lipinski definition) is 1. The lowest BCUT2D eigenvalue weighted by Gasteiger charge is -2.38. The quantitative estimate of drug-likeness (QED) is 0.707. The molecule has 1 amide bonds. The van der Waals surface area contributed by atoms with Crippen LogP contribution in [-0.2, 0) is 4.79 Å². The van der Waals surface area contributed by atoms with Gasteiger partial charge in [0.1, 0.15) is 0 Å². The molecule has 1 rings (SSSR count). The van der Waals surface area contributed by atoms with Crippen molar-refractivity contribution in [2.24, 2.45) is 11.3 Å². The molecule has 0 aliphatic heterocycles. The Hall–Kier alpha value is -0.210. The highest BCUT2D eigenvalue weighted by Gasteiger charge is 2.32. The highest BCUT2D eigenvalue weighted by Crippen LogP contribution is 2.38. The highest BCUT2D eigenvalue weighted by molar-refractivity contribution is 6.53. The lowest BCUT2D eigenvalue weighted by molar-refractivity contribution is -0.129. The van der Waals surface area contributed by atoms with Crippen LogP contribution in [0.2, 0.25) is 0 Å². The van der Waals surface area contributed by atoms with Crippen LogP contribution >= 0.6 is 23.2 Å². The third-order valence-electron chi connectivity index (χ3n) is 3.24. The van der Waals surface area contributed by atoms with Crippen molar-refractivity contribution in [3.63, 3.8) is 0 Å². The average molecular weight is 292 g/mol. The van der Waals surface area contributed by atoms with E-state index in [1.807, 2.05) is 13.8 Å². The fourth-order valence-electron chi connectivity index (χ4n) is 2.90. The van der Waals surface area contributed by atoms with Gasteiger partial charge in [0.2, 0.25) is 0 Å². The number of carbonyl (C=O) groups excluding carboxylic acids is 1. The largest absolute Gasteiger partial charge is 0.312 e. The van der Waals surface area contributed by atoms with E-state index in [2.05, 4.69) is 26.8 Å². The van der Waals surface area contributed by atoms with Gasteiger partial charge >= 0.3 is 0 Å². The predicted molar refractivity (Wildman–Crippen MR) is 77.7 cm³/mol. The van der Waals surface area contributed by atoms with Gasteiger partial charge in [-0.25, -0.2) is 0 Å². The second kappa shape index (κ2) is 5.83. The van der Waals surface area contributed by atoms with E-state index in [0.29, 0.717) is 5.92 Å². The second-order valence-corrected chi connectivity index (χ2v) is 7.34. The third-order valence-corrected chi connectivity index (χ3v) is 3.61. The van der Waals surface area contributed by atoms with Crippen LogP contribution in [0.4, 0.5) is 0 Å². The van der Waals surface area contributed by atoms with E-state index in [9.17, 15) is 4.79 Å². The van der Waals surface area contributed by atoms with Crippen molar-refractivity contribution in [3.8, 4) is 0 Å². The molecule has 1 aliphatic carbocycles. The molecule has 0 fully saturated rings. The predicted octanol–water partition coefficient (Wildman–Crippen LogP) is 4.37. The Balaban J connectivity index is 3.07. The third kappa shape index (κ3) is 3.89. The first kappa shape index (κ1) is 15.8. The summed E-state index contributed by atoms with van der Waals surface area (Å²) in [6.45, 7) is 10.6. The summed E-state index contributed by atoms with van der Waals surface area (Å²) in [7, 11) is 0. The summed E-state index contributed by atoms with van der Waals surface area (Å²) in [5, 5.41) is 0. The fourth-order valence-corrected chi connectivity index (χ4v) is 3.11. The molecule has 0 aromatic carbocycles. The maximum atomic E-state index is 12.1. The van der Waals surface area contributed by atoms with Gasteiger partial charge in [0.05, 0.1) is 0 Å². The van der Waals surface area contributed by atoms with Gasteiger partial charge in [0.25, 0.3) is 5.91 Å². The summed E-state index contributed by atoms with van der Waals surface area (Å²) in [6.07, 6.45) is 4.25. The minimum Gasteiger partial charge on any atom is -0.312 e. The zero-order chi connectivity index (χ0) is 14.1. The molecule has 1 unspecified atom stereocenters. The summed E-state index contributed by atoms with van der Waals surface area (Å²) in [4.78, 5) is 12.9. The van der Waals surface area contributed by atoms with E-state index in [4.69, 9.17) is 23.2 Å². The van der Waals surface area contributed by atoms with Crippen molar-refractivity contribution in [3.05, 3.63) is 11.8 Å². The van der Waals surface area contributed by atoms with Crippen molar-refractivity contribution < 1.29 is 4.79 Å². The van der Waals surface area contributed by atoms with Crippen LogP contribution in [0, 0.1) is 11.3 Å². The molecular weight excluding hydrogens is 269 g/mol. The number of nitrogens with zero attached hydrogens (tertiary/aromatic N) is 1. The molecule has 0 spiro atoms. The van der Waals surface area contributed by atoms with Gasteiger partial charge in [-0.2, -0.15) is 0 Å². The van der Waals surface area contributed by atoms with Gasteiger partial charge in [0.15, 0.2) is 4.84 Å². The molecular formula is C14H23Cl2NO. The number of amides is 1. The van der Waals surface area contributed by atoms with E-state index in [1.165, 1.54) is 0 Å². The van der Waals surface area contributed by atoms with Crippen LogP contribution in [0.15, 0.2) is 11.8 Å². The molecule has 0 saturated carbocycles. The standard InChI is InChI=1S/C14H23Cl2NO/c1-9(2)17(13(18)12(15)16)11-6-10(3)7-14(4,5)8-11/h8-10,12H,6-7H2,1-5H3. The number of rotatable bonds is 3. The number of halogens is 2. The first-order valence-electron chi connectivity index (χ1n) is 6.47. The summed E-state index contributed by atoms with van der Waals surface area (Å²) >= 11 is 11.5. The van der Waals surface area contributed by atoms with Crippen LogP contribution in [0.1, 0.15) is 47.5 Å². The van der Waals surface area contributed by atoms with Crippen LogP contribution in [0.25, 0.3) is 0 Å². The smallest absolute Gasteiger partial charge is 0.260 e. The molecule has 0 N–H and O–H groups in total. The Morgan fingerprint density at radius 3 is 2.39 bits per heavy atom. The minimum absolute atomic E-state index is 0.0739. The van der Waals surface area contributed by atoms with Gasteiger partial charge in [-0.05, 0) is 38.0 Å². The number of alkyl halides is 2. The molecule has 18 heavy (non-hydrogen) atoms. The minimum atomic E-state index is -0.992. The SMILES string of the molecule is CC1CC(N(C(=O)C(Cl)Cl)C(C)C)=CC(C)(C)C1. The molecule has 0 radical (unpaired) electrons. The van der Waals surface area contributed by atoms with Crippen molar-refractivity contribution >= 4 is 29.1 Å². The van der Waals surface area contributed by atoms with E-state index in [1.54, 1.807) is 4.90 Å². The van der Waals surface area contributed by atoms with Crippen LogP contribution in [0.5, 0.6) is 0 Å². The summed E-state index contributed by atoms with van der Waals surface area (Å²) < 4.78 is 0. The Morgan fingerprint density at radius 2 is 2.00 bits per heavy atom. The van der Waals surface area contributed by atoms with E-state index in [0.717, 1.165) is 18.5 Å². The molecule has 104 valence electrons. The Kier molecular flexibility index (Phi) is 5.13. The average Bonchev–Trinajstić information content (AvgIpc) is 2.13. The monoisotopic (exact) mass is 291 g/mol. The zero-order valence-electron chi connectivity index (χ0n) is 11.8. The number of hydrogen-bond donors (Lipinski definition) is 0. The molecule has 0 heterocycles. The molecule has 2 nitrogen and oxygen atoms in total. The number of carbonyl (C=O) groups is 1. The Labute approximate surface area is 120 Å². The topological polar surface area (TPSA) is 20.3 Å². The summed E-state index contributed by atoms with van der Waals surface area (Å²) in [6, 6.07) is 0.0739. The van der Waals surface area contributed by atoms with Crippen molar-refractivity contribution in [2.75, 3.05) is 0 Å². The Morgan fingerprint density at radius 1 is 1.44 bits per heavy atom. The number of allylic oxidation sites excluding steroid dienone is 2. The molecule has 0 saturated heterocycles. The molecule has 4 heteroatoms. The second-order valence-electron chi connectivity index (χ2n) is 6.24. The maximum Gasteiger partial charge on any atom is 0.260 e. The van der Waals surface area contributed by atoms with Crippen molar-refractivity contribution in [1.29, 1.82) is 0 Å². The molecule has 1 aliphatic rings. The lowest BCUT2D eigenvalue weighted by atomic mass is 9.76. The zero-order valence-corrected chi connectivity index (χ0v) is 13.3. The normalized spacial score (nSPS) is 23.2. The molecule has 0 aromatic rings. The Bertz CT molecular complexity index is 348. The fraction of sp³-hybridized carbons (Fsp3) is 0.786. The maximum absolute atomic E-state index is 12.1.